The summed E-state index contributed by atoms with van der Waals surface area (Å²) in [6.07, 6.45) is 0.220. The summed E-state index contributed by atoms with van der Waals surface area (Å²) in [4.78, 5) is 26.0. The Morgan fingerprint density at radius 2 is 1.93 bits per heavy atom. The van der Waals surface area contributed by atoms with Gasteiger partial charge in [0.25, 0.3) is 0 Å². The molecule has 1 saturated heterocycles. The Labute approximate surface area is 167 Å². The first-order valence-corrected chi connectivity index (χ1v) is 9.63. The number of esters is 1. The van der Waals surface area contributed by atoms with Crippen molar-refractivity contribution in [1.29, 1.82) is 0 Å². The Balaban J connectivity index is 2.27. The van der Waals surface area contributed by atoms with E-state index in [1.165, 1.54) is 7.11 Å². The molecule has 1 aliphatic heterocycles. The van der Waals surface area contributed by atoms with Crippen LogP contribution in [-0.2, 0) is 25.5 Å². The van der Waals surface area contributed by atoms with Gasteiger partial charge in [0.1, 0.15) is 0 Å². The lowest BCUT2D eigenvalue weighted by Crippen LogP contribution is -2.59. The number of hydrogen-bond acceptors (Lipinski definition) is 5. The summed E-state index contributed by atoms with van der Waals surface area (Å²) in [5.41, 5.74) is 1.90. The Kier molecular flexibility index (Phi) is 6.83. The maximum absolute atomic E-state index is 13.2. The number of hydrogen-bond donors (Lipinski definition) is 1. The second kappa shape index (κ2) is 8.74. The van der Waals surface area contributed by atoms with Gasteiger partial charge >= 0.3 is 5.97 Å². The first-order chi connectivity index (χ1) is 13.1. The Morgan fingerprint density at radius 1 is 1.32 bits per heavy atom. The maximum Gasteiger partial charge on any atom is 0.322 e. The molecule has 3 atom stereocenters. The van der Waals surface area contributed by atoms with E-state index < -0.39 is 23.6 Å². The molecular formula is C23H31NO4. The summed E-state index contributed by atoms with van der Waals surface area (Å²) in [6, 6.07) is 8.01. The normalized spacial score (nSPS) is 24.9. The molecule has 0 spiro atoms. The van der Waals surface area contributed by atoms with Gasteiger partial charge in [0, 0.05) is 17.0 Å². The predicted molar refractivity (Wildman–Crippen MR) is 111 cm³/mol. The highest BCUT2D eigenvalue weighted by atomic mass is 16.5. The van der Waals surface area contributed by atoms with Gasteiger partial charge in [-0.15, -0.1) is 0 Å². The standard InChI is InChI=1S/C23H31NO4/c1-14(2)23(22(26)27-7)20(28-17(6)16(5)21(23)25)13-10-18-8-11-19(12-9-18)24-15(3)4/h8-9,11-12,14,17,20,24H,3,5,10,13H2,1-2,4,6-7H3. The van der Waals surface area contributed by atoms with Crippen molar-refractivity contribution in [2.75, 3.05) is 12.4 Å². The van der Waals surface area contributed by atoms with E-state index in [0.717, 1.165) is 16.9 Å². The molecule has 152 valence electrons. The molecule has 0 aliphatic carbocycles. The van der Waals surface area contributed by atoms with Crippen LogP contribution in [0.3, 0.4) is 0 Å². The Bertz CT molecular complexity index is 765. The average Bonchev–Trinajstić information content (AvgIpc) is 2.64. The number of benzene rings is 1. The number of carbonyl (C=O) groups is 2. The van der Waals surface area contributed by atoms with Crippen LogP contribution in [0.4, 0.5) is 5.69 Å². The van der Waals surface area contributed by atoms with E-state index in [1.54, 1.807) is 6.92 Å². The third-order valence-corrected chi connectivity index (χ3v) is 5.48. The highest BCUT2D eigenvalue weighted by Gasteiger charge is 2.59. The molecule has 1 aliphatic rings. The first kappa shape index (κ1) is 21.9. The molecule has 1 fully saturated rings. The van der Waals surface area contributed by atoms with E-state index in [9.17, 15) is 9.59 Å². The topological polar surface area (TPSA) is 64.6 Å². The van der Waals surface area contributed by atoms with E-state index in [1.807, 2.05) is 45.0 Å². The van der Waals surface area contributed by atoms with Gasteiger partial charge in [0.2, 0.25) is 0 Å². The zero-order valence-corrected chi connectivity index (χ0v) is 17.5. The molecule has 0 radical (unpaired) electrons. The van der Waals surface area contributed by atoms with Gasteiger partial charge in [0.15, 0.2) is 11.2 Å². The summed E-state index contributed by atoms with van der Waals surface area (Å²) in [7, 11) is 1.31. The molecule has 1 heterocycles. The van der Waals surface area contributed by atoms with Gasteiger partial charge in [-0.05, 0) is 50.3 Å². The van der Waals surface area contributed by atoms with Crippen molar-refractivity contribution in [3.63, 3.8) is 0 Å². The molecule has 0 aromatic heterocycles. The van der Waals surface area contributed by atoms with Crippen molar-refractivity contribution < 1.29 is 19.1 Å². The van der Waals surface area contributed by atoms with Crippen LogP contribution in [0.25, 0.3) is 0 Å². The Hall–Kier alpha value is -2.40. The lowest BCUT2D eigenvalue weighted by atomic mass is 9.64. The van der Waals surface area contributed by atoms with Crippen molar-refractivity contribution >= 4 is 17.4 Å². The van der Waals surface area contributed by atoms with Crippen LogP contribution in [0, 0.1) is 11.3 Å². The quantitative estimate of drug-likeness (QED) is 0.431. The molecular weight excluding hydrogens is 354 g/mol. The third kappa shape index (κ3) is 4.04. The van der Waals surface area contributed by atoms with Crippen LogP contribution < -0.4 is 5.32 Å². The van der Waals surface area contributed by atoms with Crippen molar-refractivity contribution in [3.8, 4) is 0 Å². The number of methoxy groups -OCH3 is 1. The molecule has 28 heavy (non-hydrogen) atoms. The van der Waals surface area contributed by atoms with Crippen LogP contribution in [0.2, 0.25) is 0 Å². The average molecular weight is 386 g/mol. The molecule has 1 aromatic rings. The molecule has 1 aromatic carbocycles. The molecule has 5 nitrogen and oxygen atoms in total. The van der Waals surface area contributed by atoms with E-state index in [4.69, 9.17) is 9.47 Å². The third-order valence-electron chi connectivity index (χ3n) is 5.48. The van der Waals surface area contributed by atoms with Crippen LogP contribution in [0.15, 0.2) is 48.7 Å². The van der Waals surface area contributed by atoms with Crippen molar-refractivity contribution in [1.82, 2.24) is 0 Å². The molecule has 0 saturated carbocycles. The number of nitrogens with one attached hydrogen (secondary N) is 1. The predicted octanol–water partition coefficient (Wildman–Crippen LogP) is 4.29. The lowest BCUT2D eigenvalue weighted by molar-refractivity contribution is -0.183. The summed E-state index contributed by atoms with van der Waals surface area (Å²) < 4.78 is 11.2. The van der Waals surface area contributed by atoms with E-state index in [0.29, 0.717) is 18.4 Å². The van der Waals surface area contributed by atoms with Crippen molar-refractivity contribution in [2.45, 2.75) is 52.7 Å². The summed E-state index contributed by atoms with van der Waals surface area (Å²) in [5, 5.41) is 3.17. The van der Waals surface area contributed by atoms with Gasteiger partial charge in [0.05, 0.1) is 19.3 Å². The van der Waals surface area contributed by atoms with Gasteiger partial charge in [-0.2, -0.15) is 0 Å². The first-order valence-electron chi connectivity index (χ1n) is 9.63. The number of carbonyl (C=O) groups excluding carboxylic acids is 2. The van der Waals surface area contributed by atoms with Gasteiger partial charge in [-0.3, -0.25) is 9.59 Å². The minimum Gasteiger partial charge on any atom is -0.468 e. The van der Waals surface area contributed by atoms with Crippen molar-refractivity contribution in [2.24, 2.45) is 11.3 Å². The summed E-state index contributed by atoms with van der Waals surface area (Å²) in [6.45, 7) is 15.1. The SMILES string of the molecule is C=C(C)Nc1ccc(CCC2OC(C)C(=C)C(=O)C2(C(=O)OC)C(C)C)cc1. The summed E-state index contributed by atoms with van der Waals surface area (Å²) in [5.74, 6) is -1.09. The van der Waals surface area contributed by atoms with Crippen LogP contribution in [-0.4, -0.2) is 31.1 Å². The Morgan fingerprint density at radius 3 is 2.43 bits per heavy atom. The molecule has 5 heteroatoms. The number of aryl methyl sites for hydroxylation is 1. The van der Waals surface area contributed by atoms with Crippen LogP contribution >= 0.6 is 0 Å². The minimum atomic E-state index is -1.36. The van der Waals surface area contributed by atoms with E-state index in [2.05, 4.69) is 18.5 Å². The number of ether oxygens (including phenoxy) is 2. The zero-order valence-electron chi connectivity index (χ0n) is 17.5. The molecule has 2 rings (SSSR count). The fourth-order valence-electron chi connectivity index (χ4n) is 3.89. The molecule has 3 unspecified atom stereocenters. The van der Waals surface area contributed by atoms with Gasteiger partial charge in [-0.1, -0.05) is 39.1 Å². The second-order valence-electron chi connectivity index (χ2n) is 7.78. The molecule has 0 amide bonds. The second-order valence-corrected chi connectivity index (χ2v) is 7.78. The smallest absolute Gasteiger partial charge is 0.322 e. The van der Waals surface area contributed by atoms with Crippen LogP contribution in [0.5, 0.6) is 0 Å². The van der Waals surface area contributed by atoms with Crippen molar-refractivity contribution in [3.05, 3.63) is 54.3 Å². The number of anilines is 1. The van der Waals surface area contributed by atoms with E-state index in [-0.39, 0.29) is 11.7 Å². The fourth-order valence-corrected chi connectivity index (χ4v) is 3.89. The molecule has 1 N–H and O–H groups in total. The monoisotopic (exact) mass is 385 g/mol. The zero-order chi connectivity index (χ0) is 21.1. The van der Waals surface area contributed by atoms with E-state index >= 15 is 0 Å². The minimum absolute atomic E-state index is 0.265. The number of allylic oxidation sites excluding steroid dienone is 1. The number of rotatable bonds is 7. The van der Waals surface area contributed by atoms with Gasteiger partial charge < -0.3 is 14.8 Å². The largest absolute Gasteiger partial charge is 0.468 e. The molecule has 0 bridgehead atoms. The number of ketones is 1. The highest BCUT2D eigenvalue weighted by Crippen LogP contribution is 2.44. The van der Waals surface area contributed by atoms with Gasteiger partial charge in [-0.25, -0.2) is 0 Å². The number of Topliss-reactive ketones (excluding diaryl/α,β-unsaturated/α-hetero) is 1. The summed E-state index contributed by atoms with van der Waals surface area (Å²) >= 11 is 0. The fraction of sp³-hybridized carbons (Fsp3) is 0.478. The van der Waals surface area contributed by atoms with Crippen LogP contribution in [0.1, 0.15) is 39.7 Å². The highest BCUT2D eigenvalue weighted by molar-refractivity contribution is 6.13. The lowest BCUT2D eigenvalue weighted by Gasteiger charge is -2.45. The maximum atomic E-state index is 13.2.